The maximum Gasteiger partial charge on any atom is 0.270 e. The molecule has 0 atom stereocenters. The molecule has 0 fully saturated rings. The fourth-order valence-electron chi connectivity index (χ4n) is 1.89. The minimum atomic E-state index is -3.93. The molecule has 0 saturated heterocycles. The van der Waals surface area contributed by atoms with Crippen molar-refractivity contribution in [2.24, 2.45) is 0 Å². The predicted molar refractivity (Wildman–Crippen MR) is 92.0 cm³/mol. The van der Waals surface area contributed by atoms with Crippen molar-refractivity contribution in [1.29, 1.82) is 0 Å². The van der Waals surface area contributed by atoms with E-state index in [4.69, 9.17) is 0 Å². The molecule has 2 aromatic rings. The third-order valence-corrected chi connectivity index (χ3v) is 5.96. The lowest BCUT2D eigenvalue weighted by Gasteiger charge is -2.21. The highest BCUT2D eigenvalue weighted by Gasteiger charge is 2.27. The quantitative estimate of drug-likeness (QED) is 0.602. The van der Waals surface area contributed by atoms with E-state index in [2.05, 4.69) is 25.6 Å². The van der Waals surface area contributed by atoms with Crippen molar-refractivity contribution in [2.75, 3.05) is 0 Å². The van der Waals surface area contributed by atoms with E-state index >= 15 is 0 Å². The van der Waals surface area contributed by atoms with Gasteiger partial charge in [-0.3, -0.25) is 10.1 Å². The second-order valence-corrected chi connectivity index (χ2v) is 9.73. The van der Waals surface area contributed by atoms with Gasteiger partial charge in [-0.15, -0.1) is 11.3 Å². The molecule has 124 valence electrons. The Kier molecular flexibility index (Phi) is 4.90. The van der Waals surface area contributed by atoms with E-state index in [1.807, 2.05) is 0 Å². The standard InChI is InChI=1S/C13H14BrN3O4S2/c1-13(2,3)16-23(20,21)11-6-8(17(18)19)4-5-9(11)10-7-15-12(14)22-10/h4-7,16H,1-3H3. The van der Waals surface area contributed by atoms with Crippen LogP contribution in [0.3, 0.4) is 0 Å². The molecule has 7 nitrogen and oxygen atoms in total. The van der Waals surface area contributed by atoms with Crippen molar-refractivity contribution >= 4 is 43.0 Å². The third kappa shape index (κ3) is 4.34. The van der Waals surface area contributed by atoms with Crippen LogP contribution >= 0.6 is 27.3 Å². The number of nitro groups is 1. The number of non-ortho nitro benzene ring substituents is 1. The molecule has 1 heterocycles. The van der Waals surface area contributed by atoms with Crippen LogP contribution in [0.5, 0.6) is 0 Å². The number of thiazole rings is 1. The molecule has 0 aliphatic rings. The van der Waals surface area contributed by atoms with Gasteiger partial charge in [0.25, 0.3) is 5.69 Å². The van der Waals surface area contributed by atoms with E-state index < -0.39 is 20.5 Å². The Morgan fingerprint density at radius 2 is 2.00 bits per heavy atom. The zero-order valence-electron chi connectivity index (χ0n) is 12.5. The summed E-state index contributed by atoms with van der Waals surface area (Å²) in [4.78, 5) is 14.9. The monoisotopic (exact) mass is 419 g/mol. The summed E-state index contributed by atoms with van der Waals surface area (Å²) >= 11 is 4.47. The van der Waals surface area contributed by atoms with Gasteiger partial charge in [-0.2, -0.15) is 0 Å². The Morgan fingerprint density at radius 3 is 2.48 bits per heavy atom. The van der Waals surface area contributed by atoms with Gasteiger partial charge in [0.2, 0.25) is 10.0 Å². The number of halogens is 1. The summed E-state index contributed by atoms with van der Waals surface area (Å²) < 4.78 is 28.4. The minimum Gasteiger partial charge on any atom is -0.258 e. The number of rotatable bonds is 4. The highest BCUT2D eigenvalue weighted by molar-refractivity contribution is 9.11. The first kappa shape index (κ1) is 18.0. The molecule has 2 rings (SSSR count). The molecule has 1 aromatic carbocycles. The lowest BCUT2D eigenvalue weighted by atomic mass is 10.1. The summed E-state index contributed by atoms with van der Waals surface area (Å²) in [6.45, 7) is 5.10. The summed E-state index contributed by atoms with van der Waals surface area (Å²) in [5.41, 5.74) is -0.628. The van der Waals surface area contributed by atoms with E-state index in [0.717, 1.165) is 6.07 Å². The summed E-state index contributed by atoms with van der Waals surface area (Å²) in [6.07, 6.45) is 1.52. The number of nitrogens with zero attached hydrogens (tertiary/aromatic N) is 2. The summed E-state index contributed by atoms with van der Waals surface area (Å²) in [6, 6.07) is 3.77. The SMILES string of the molecule is CC(C)(C)NS(=O)(=O)c1cc([N+](=O)[O-])ccc1-c1cnc(Br)s1. The number of sulfonamides is 1. The van der Waals surface area contributed by atoms with Gasteiger partial charge in [0.1, 0.15) is 0 Å². The minimum absolute atomic E-state index is 0.141. The van der Waals surface area contributed by atoms with Crippen LogP contribution in [-0.2, 0) is 10.0 Å². The van der Waals surface area contributed by atoms with Crippen LogP contribution in [0.2, 0.25) is 0 Å². The average Bonchev–Trinajstić information content (AvgIpc) is 2.81. The number of benzene rings is 1. The maximum absolute atomic E-state index is 12.7. The van der Waals surface area contributed by atoms with Gasteiger partial charge in [0.05, 0.1) is 14.7 Å². The highest BCUT2D eigenvalue weighted by atomic mass is 79.9. The first-order valence-electron chi connectivity index (χ1n) is 6.44. The van der Waals surface area contributed by atoms with Crippen LogP contribution in [0.15, 0.2) is 33.2 Å². The zero-order chi connectivity index (χ0) is 17.4. The zero-order valence-corrected chi connectivity index (χ0v) is 15.8. The Morgan fingerprint density at radius 1 is 1.35 bits per heavy atom. The smallest absolute Gasteiger partial charge is 0.258 e. The first-order chi connectivity index (χ1) is 10.5. The molecule has 0 spiro atoms. The molecule has 0 saturated carbocycles. The first-order valence-corrected chi connectivity index (χ1v) is 9.53. The van der Waals surface area contributed by atoms with Crippen LogP contribution in [0, 0.1) is 10.1 Å². The van der Waals surface area contributed by atoms with Gasteiger partial charge in [-0.05, 0) is 42.8 Å². The molecule has 0 aliphatic carbocycles. The van der Waals surface area contributed by atoms with Gasteiger partial charge in [0, 0.05) is 29.4 Å². The van der Waals surface area contributed by atoms with E-state index in [0.29, 0.717) is 14.4 Å². The van der Waals surface area contributed by atoms with E-state index in [1.165, 1.54) is 29.7 Å². The van der Waals surface area contributed by atoms with Gasteiger partial charge in [-0.25, -0.2) is 18.1 Å². The van der Waals surface area contributed by atoms with Crippen molar-refractivity contribution in [3.05, 3.63) is 38.4 Å². The van der Waals surface area contributed by atoms with E-state index in [9.17, 15) is 18.5 Å². The van der Waals surface area contributed by atoms with Crippen molar-refractivity contribution in [1.82, 2.24) is 9.71 Å². The lowest BCUT2D eigenvalue weighted by molar-refractivity contribution is -0.385. The Hall–Kier alpha value is -1.36. The van der Waals surface area contributed by atoms with Crippen LogP contribution in [0.4, 0.5) is 5.69 Å². The summed E-state index contributed by atoms with van der Waals surface area (Å²) in [7, 11) is -3.93. The molecule has 1 aromatic heterocycles. The highest BCUT2D eigenvalue weighted by Crippen LogP contribution is 2.35. The average molecular weight is 420 g/mol. The Balaban J connectivity index is 2.67. The molecular formula is C13H14BrN3O4S2. The van der Waals surface area contributed by atoms with Crippen molar-refractivity contribution in [3.63, 3.8) is 0 Å². The molecular weight excluding hydrogens is 406 g/mol. The summed E-state index contributed by atoms with van der Waals surface area (Å²) in [5, 5.41) is 11.0. The normalized spacial score (nSPS) is 12.3. The Labute approximate surface area is 146 Å². The van der Waals surface area contributed by atoms with Crippen LogP contribution in [0.1, 0.15) is 20.8 Å². The molecule has 10 heteroatoms. The molecule has 1 N–H and O–H groups in total. The second kappa shape index (κ2) is 6.27. The molecule has 0 aliphatic heterocycles. The third-order valence-electron chi connectivity index (χ3n) is 2.65. The second-order valence-electron chi connectivity index (χ2n) is 5.77. The number of aromatic nitrogens is 1. The molecule has 0 bridgehead atoms. The lowest BCUT2D eigenvalue weighted by Crippen LogP contribution is -2.40. The number of hydrogen-bond acceptors (Lipinski definition) is 6. The number of nitro benzene ring substituents is 1. The van der Waals surface area contributed by atoms with Crippen LogP contribution < -0.4 is 4.72 Å². The topological polar surface area (TPSA) is 102 Å². The van der Waals surface area contributed by atoms with Crippen LogP contribution in [-0.4, -0.2) is 23.9 Å². The predicted octanol–water partition coefficient (Wildman–Crippen LogP) is 3.56. The largest absolute Gasteiger partial charge is 0.270 e. The molecule has 0 unspecified atom stereocenters. The molecule has 23 heavy (non-hydrogen) atoms. The summed E-state index contributed by atoms with van der Waals surface area (Å²) in [5.74, 6) is 0. The number of nitrogens with one attached hydrogen (secondary N) is 1. The van der Waals surface area contributed by atoms with E-state index in [1.54, 1.807) is 20.8 Å². The van der Waals surface area contributed by atoms with Crippen molar-refractivity contribution in [2.45, 2.75) is 31.2 Å². The fourth-order valence-corrected chi connectivity index (χ4v) is 4.92. The fraction of sp³-hybridized carbons (Fsp3) is 0.308. The molecule has 0 radical (unpaired) electrons. The van der Waals surface area contributed by atoms with E-state index in [-0.39, 0.29) is 10.6 Å². The van der Waals surface area contributed by atoms with Gasteiger partial charge in [0.15, 0.2) is 3.92 Å². The van der Waals surface area contributed by atoms with Gasteiger partial charge >= 0.3 is 0 Å². The molecule has 0 amide bonds. The van der Waals surface area contributed by atoms with Crippen LogP contribution in [0.25, 0.3) is 10.4 Å². The van der Waals surface area contributed by atoms with Gasteiger partial charge < -0.3 is 0 Å². The number of hydrogen-bond donors (Lipinski definition) is 1. The maximum atomic E-state index is 12.7. The Bertz CT molecular complexity index is 856. The van der Waals surface area contributed by atoms with Crippen molar-refractivity contribution in [3.8, 4) is 10.4 Å². The van der Waals surface area contributed by atoms with Crippen molar-refractivity contribution < 1.29 is 13.3 Å². The van der Waals surface area contributed by atoms with Gasteiger partial charge in [-0.1, -0.05) is 0 Å².